The van der Waals surface area contributed by atoms with Gasteiger partial charge in [-0.1, -0.05) is 58.8 Å². The fraction of sp³-hybridized carbons (Fsp3) is 0.941. The van der Waals surface area contributed by atoms with Crippen molar-refractivity contribution in [2.24, 2.45) is 5.73 Å². The molecule has 0 fully saturated rings. The smallest absolute Gasteiger partial charge is 0.319 e. The van der Waals surface area contributed by atoms with E-state index in [4.69, 9.17) is 10.5 Å². The van der Waals surface area contributed by atoms with Crippen LogP contribution in [0.5, 0.6) is 0 Å². The number of unbranched alkanes of at least 4 members (excludes halogenated alkanes) is 6. The second-order valence-corrected chi connectivity index (χ2v) is 5.75. The summed E-state index contributed by atoms with van der Waals surface area (Å²) in [5.74, 6) is -0.315. The molecule has 0 amide bonds. The van der Waals surface area contributed by atoms with E-state index >= 15 is 0 Å². The molecule has 0 heterocycles. The third kappa shape index (κ3) is 14.1. The first kappa shape index (κ1) is 20.4. The molecule has 0 aliphatic rings. The fourth-order valence-corrected chi connectivity index (χ4v) is 2.42. The zero-order valence-electron chi connectivity index (χ0n) is 14.2. The van der Waals surface area contributed by atoms with E-state index < -0.39 is 0 Å². The topological polar surface area (TPSA) is 64.3 Å². The summed E-state index contributed by atoms with van der Waals surface area (Å²) in [4.78, 5) is 10.9. The van der Waals surface area contributed by atoms with Crippen molar-refractivity contribution < 1.29 is 9.53 Å². The van der Waals surface area contributed by atoms with Gasteiger partial charge in [0, 0.05) is 6.04 Å². The molecule has 0 spiro atoms. The van der Waals surface area contributed by atoms with Crippen LogP contribution in [0.25, 0.3) is 0 Å². The summed E-state index contributed by atoms with van der Waals surface area (Å²) in [5, 5.41) is 3.55. The van der Waals surface area contributed by atoms with Crippen LogP contribution < -0.4 is 11.1 Å². The van der Waals surface area contributed by atoms with Crippen LogP contribution in [0.15, 0.2) is 0 Å². The van der Waals surface area contributed by atoms with Gasteiger partial charge in [-0.25, -0.2) is 0 Å². The van der Waals surface area contributed by atoms with Crippen LogP contribution in [-0.2, 0) is 9.53 Å². The average Bonchev–Trinajstić information content (AvgIpc) is 2.51. The maximum Gasteiger partial charge on any atom is 0.319 e. The Labute approximate surface area is 131 Å². The summed E-state index contributed by atoms with van der Waals surface area (Å²) >= 11 is 0. The number of rotatable bonds is 15. The van der Waals surface area contributed by atoms with Gasteiger partial charge >= 0.3 is 5.97 Å². The summed E-state index contributed by atoms with van der Waals surface area (Å²) in [5.41, 5.74) is 5.17. The maximum atomic E-state index is 10.9. The van der Waals surface area contributed by atoms with Crippen LogP contribution >= 0.6 is 0 Å². The fourth-order valence-electron chi connectivity index (χ4n) is 2.42. The van der Waals surface area contributed by atoms with Crippen molar-refractivity contribution in [1.82, 2.24) is 5.32 Å². The number of hydrogen-bond acceptors (Lipinski definition) is 4. The Morgan fingerprint density at radius 2 is 1.71 bits per heavy atom. The standard InChI is InChI=1S/C17H36N2O2/c1-3-5-6-7-8-9-10-12-16(4-2)19-13-11-14-21-17(20)15-18/h16,19H,3-15,18H2,1-2H3. The molecule has 0 saturated carbocycles. The quantitative estimate of drug-likeness (QED) is 0.359. The number of carbonyl (C=O) groups excluding carboxylic acids is 1. The lowest BCUT2D eigenvalue weighted by molar-refractivity contribution is -0.141. The van der Waals surface area contributed by atoms with Crippen molar-refractivity contribution in [2.45, 2.75) is 84.1 Å². The molecule has 4 heteroatoms. The Balaban J connectivity index is 3.39. The zero-order valence-corrected chi connectivity index (χ0v) is 14.2. The number of carbonyl (C=O) groups is 1. The van der Waals surface area contributed by atoms with E-state index in [1.807, 2.05) is 0 Å². The molecule has 0 rings (SSSR count). The summed E-state index contributed by atoms with van der Waals surface area (Å²) in [6.45, 7) is 5.84. The highest BCUT2D eigenvalue weighted by atomic mass is 16.5. The van der Waals surface area contributed by atoms with Gasteiger partial charge in [-0.05, 0) is 25.8 Å². The Bertz CT molecular complexity index is 235. The molecule has 0 radical (unpaired) electrons. The normalized spacial score (nSPS) is 12.3. The first-order valence-corrected chi connectivity index (χ1v) is 8.83. The molecule has 0 aliphatic carbocycles. The minimum Gasteiger partial charge on any atom is -0.465 e. The number of hydrogen-bond donors (Lipinski definition) is 2. The maximum absolute atomic E-state index is 10.9. The number of nitrogens with two attached hydrogens (primary N) is 1. The van der Waals surface area contributed by atoms with Crippen molar-refractivity contribution in [3.8, 4) is 0 Å². The van der Waals surface area contributed by atoms with Crippen LogP contribution in [0.4, 0.5) is 0 Å². The van der Waals surface area contributed by atoms with Crippen LogP contribution in [0.1, 0.15) is 78.1 Å². The van der Waals surface area contributed by atoms with Gasteiger partial charge < -0.3 is 15.8 Å². The van der Waals surface area contributed by atoms with E-state index in [1.54, 1.807) is 0 Å². The van der Waals surface area contributed by atoms with Crippen molar-refractivity contribution in [1.29, 1.82) is 0 Å². The van der Waals surface area contributed by atoms with E-state index in [9.17, 15) is 4.79 Å². The van der Waals surface area contributed by atoms with Crippen LogP contribution in [-0.4, -0.2) is 31.7 Å². The van der Waals surface area contributed by atoms with Gasteiger partial charge in [0.15, 0.2) is 0 Å². The lowest BCUT2D eigenvalue weighted by Crippen LogP contribution is -2.30. The highest BCUT2D eigenvalue weighted by molar-refractivity contribution is 5.71. The van der Waals surface area contributed by atoms with Crippen molar-refractivity contribution in [3.05, 3.63) is 0 Å². The van der Waals surface area contributed by atoms with Gasteiger partial charge in [-0.3, -0.25) is 4.79 Å². The van der Waals surface area contributed by atoms with Gasteiger partial charge in [0.05, 0.1) is 13.2 Å². The van der Waals surface area contributed by atoms with E-state index in [0.29, 0.717) is 12.6 Å². The molecular weight excluding hydrogens is 264 g/mol. The Kier molecular flexibility index (Phi) is 15.3. The van der Waals surface area contributed by atoms with Crippen molar-refractivity contribution >= 4 is 5.97 Å². The summed E-state index contributed by atoms with van der Waals surface area (Å²) < 4.78 is 4.95. The Morgan fingerprint density at radius 3 is 2.33 bits per heavy atom. The van der Waals surface area contributed by atoms with Crippen LogP contribution in [0.3, 0.4) is 0 Å². The molecule has 4 nitrogen and oxygen atoms in total. The average molecular weight is 300 g/mol. The van der Waals surface area contributed by atoms with E-state index in [1.165, 1.54) is 57.8 Å². The summed E-state index contributed by atoms with van der Waals surface area (Å²) in [7, 11) is 0. The summed E-state index contributed by atoms with van der Waals surface area (Å²) in [6, 6.07) is 0.603. The molecule has 0 aliphatic heterocycles. The predicted octanol–water partition coefficient (Wildman–Crippen LogP) is 3.39. The van der Waals surface area contributed by atoms with Gasteiger partial charge in [0.2, 0.25) is 0 Å². The van der Waals surface area contributed by atoms with Gasteiger partial charge in [-0.2, -0.15) is 0 Å². The van der Waals surface area contributed by atoms with Crippen LogP contribution in [0.2, 0.25) is 0 Å². The minimum absolute atomic E-state index is 0.0245. The highest BCUT2D eigenvalue weighted by Crippen LogP contribution is 2.11. The lowest BCUT2D eigenvalue weighted by Gasteiger charge is -2.16. The molecule has 0 aromatic carbocycles. The molecule has 0 saturated heterocycles. The highest BCUT2D eigenvalue weighted by Gasteiger charge is 2.05. The third-order valence-electron chi connectivity index (χ3n) is 3.83. The SMILES string of the molecule is CCCCCCCCCC(CC)NCCCOC(=O)CN. The molecule has 0 aromatic rings. The Morgan fingerprint density at radius 1 is 1.05 bits per heavy atom. The molecule has 126 valence electrons. The summed E-state index contributed by atoms with van der Waals surface area (Å²) in [6.07, 6.45) is 12.8. The van der Waals surface area contributed by atoms with Gasteiger partial charge in [0.1, 0.15) is 0 Å². The van der Waals surface area contributed by atoms with E-state index in [-0.39, 0.29) is 12.5 Å². The molecule has 1 atom stereocenters. The number of esters is 1. The molecule has 1 unspecified atom stereocenters. The predicted molar refractivity (Wildman–Crippen MR) is 89.3 cm³/mol. The number of nitrogens with one attached hydrogen (secondary N) is 1. The van der Waals surface area contributed by atoms with Crippen molar-refractivity contribution in [3.63, 3.8) is 0 Å². The van der Waals surface area contributed by atoms with Crippen LogP contribution in [0, 0.1) is 0 Å². The second-order valence-electron chi connectivity index (χ2n) is 5.75. The van der Waals surface area contributed by atoms with Gasteiger partial charge in [0.25, 0.3) is 0 Å². The first-order valence-electron chi connectivity index (χ1n) is 8.83. The zero-order chi connectivity index (χ0) is 15.8. The largest absolute Gasteiger partial charge is 0.465 e. The van der Waals surface area contributed by atoms with Crippen molar-refractivity contribution in [2.75, 3.05) is 19.7 Å². The minimum atomic E-state index is -0.315. The first-order chi connectivity index (χ1) is 10.2. The van der Waals surface area contributed by atoms with Gasteiger partial charge in [-0.15, -0.1) is 0 Å². The number of ether oxygens (including phenoxy) is 1. The molecule has 21 heavy (non-hydrogen) atoms. The molecule has 3 N–H and O–H groups in total. The monoisotopic (exact) mass is 300 g/mol. The lowest BCUT2D eigenvalue weighted by atomic mass is 10.0. The second kappa shape index (κ2) is 15.8. The Hall–Kier alpha value is -0.610. The van der Waals surface area contributed by atoms with E-state index in [2.05, 4.69) is 19.2 Å². The molecular formula is C17H36N2O2. The van der Waals surface area contributed by atoms with E-state index in [0.717, 1.165) is 13.0 Å². The molecule has 0 aromatic heterocycles. The third-order valence-corrected chi connectivity index (χ3v) is 3.83. The molecule has 0 bridgehead atoms.